The number of para-hydroxylation sites is 4. The van der Waals surface area contributed by atoms with E-state index in [0.717, 1.165) is 77.5 Å². The van der Waals surface area contributed by atoms with Gasteiger partial charge in [0.25, 0.3) is 0 Å². The molecule has 0 aliphatic carbocycles. The number of aryl methyl sites for hydroxylation is 4. The van der Waals surface area contributed by atoms with Crippen LogP contribution in [0.4, 0.5) is 0 Å². The van der Waals surface area contributed by atoms with Crippen molar-refractivity contribution in [3.63, 3.8) is 0 Å². The zero-order valence-electron chi connectivity index (χ0n) is 55.7. The Morgan fingerprint density at radius 2 is 0.385 bits per heavy atom. The van der Waals surface area contributed by atoms with Gasteiger partial charge < -0.3 is 18.3 Å². The van der Waals surface area contributed by atoms with E-state index in [1.807, 2.05) is 0 Å². The largest absolute Gasteiger partial charge is 0.340 e. The fraction of sp³-hybridized carbons (Fsp3) is 0.174. The summed E-state index contributed by atoms with van der Waals surface area (Å²) in [6.45, 7) is 13.1. The second kappa shape index (κ2) is 24.9. The van der Waals surface area contributed by atoms with E-state index in [4.69, 9.17) is 0 Å². The molecule has 0 aliphatic heterocycles. The van der Waals surface area contributed by atoms with Gasteiger partial charge in [0.05, 0.1) is 22.1 Å². The van der Waals surface area contributed by atoms with Crippen molar-refractivity contribution in [2.24, 2.45) is 0 Å². The van der Waals surface area contributed by atoms with Gasteiger partial charge in [-0.3, -0.25) is 0 Å². The van der Waals surface area contributed by atoms with Crippen molar-refractivity contribution < 1.29 is 0 Å². The monoisotopic (exact) mass is 1240 g/mol. The summed E-state index contributed by atoms with van der Waals surface area (Å²) in [5.74, 6) is 0. The fourth-order valence-corrected chi connectivity index (χ4v) is 16.8. The summed E-state index contributed by atoms with van der Waals surface area (Å²) in [4.78, 5) is 0. The highest BCUT2D eigenvalue weighted by Gasteiger charge is 2.31. The van der Waals surface area contributed by atoms with Gasteiger partial charge in [-0.1, -0.05) is 296 Å². The second-order valence-electron chi connectivity index (χ2n) is 26.6. The van der Waals surface area contributed by atoms with E-state index < -0.39 is 0 Å². The molecule has 0 radical (unpaired) electrons. The van der Waals surface area contributed by atoms with Gasteiger partial charge >= 0.3 is 0 Å². The summed E-state index contributed by atoms with van der Waals surface area (Å²) in [6, 6.07) is 99.9. The summed E-state index contributed by atoms with van der Waals surface area (Å²) in [6.07, 6.45) is 9.09. The average Bonchev–Trinajstić information content (AvgIpc) is 1.51. The topological polar surface area (TPSA) is 19.7 Å². The van der Waals surface area contributed by atoms with E-state index in [2.05, 4.69) is 313 Å². The minimum absolute atomic E-state index is 0.979. The number of benzene rings is 14. The molecule has 96 heavy (non-hydrogen) atoms. The molecule has 4 heteroatoms. The smallest absolute Gasteiger partial charge is 0.0585 e. The van der Waals surface area contributed by atoms with Crippen molar-refractivity contribution in [2.45, 2.75) is 105 Å². The minimum Gasteiger partial charge on any atom is -0.340 e. The molecule has 18 aromatic rings. The van der Waals surface area contributed by atoms with Crippen LogP contribution in [0.1, 0.15) is 79.1 Å². The highest BCUT2D eigenvalue weighted by atomic mass is 15.0. The molecular formula is C92H80N4. The first-order valence-corrected chi connectivity index (χ1v) is 35.5. The Morgan fingerprint density at radius 1 is 0.198 bits per heavy atom. The predicted molar refractivity (Wildman–Crippen MR) is 416 cm³/mol. The SMILES string of the molecule is CCCCn1c2ccccc2c2c(-c3cccc4ccccc34)c3c(c(-c4cccc5ccccc45)c21)c1ccccc1n3CCCC.CCCCn1c2ccccc2c2c(-c3cccc4ccccc34)c3c(c(-c4cccc5ccccc45)c21)c1ccccc1n3CCCC. The molecule has 0 bridgehead atoms. The minimum atomic E-state index is 0.979. The maximum absolute atomic E-state index is 2.66. The lowest BCUT2D eigenvalue weighted by Gasteiger charge is -2.20. The molecule has 4 heterocycles. The summed E-state index contributed by atoms with van der Waals surface area (Å²) in [7, 11) is 0. The molecule has 468 valence electrons. The first kappa shape index (κ1) is 59.1. The van der Waals surface area contributed by atoms with Crippen LogP contribution >= 0.6 is 0 Å². The van der Waals surface area contributed by atoms with Crippen LogP contribution in [0.25, 0.3) is 175 Å². The maximum Gasteiger partial charge on any atom is 0.0585 e. The summed E-state index contributed by atoms with van der Waals surface area (Å²) in [5.41, 5.74) is 21.4. The Bertz CT molecular complexity index is 5280. The molecule has 0 aliphatic rings. The van der Waals surface area contributed by atoms with E-state index in [1.165, 1.54) is 175 Å². The number of hydrogen-bond acceptors (Lipinski definition) is 0. The van der Waals surface area contributed by atoms with Gasteiger partial charge in [-0.25, -0.2) is 0 Å². The molecule has 0 spiro atoms. The van der Waals surface area contributed by atoms with Crippen molar-refractivity contribution >= 4 is 130 Å². The maximum atomic E-state index is 2.66. The van der Waals surface area contributed by atoms with E-state index in [1.54, 1.807) is 0 Å². The van der Waals surface area contributed by atoms with Gasteiger partial charge in [-0.05, 0) is 115 Å². The van der Waals surface area contributed by atoms with Crippen LogP contribution in [-0.4, -0.2) is 18.3 Å². The Balaban J connectivity index is 0.000000145. The van der Waals surface area contributed by atoms with Crippen molar-refractivity contribution in [2.75, 3.05) is 0 Å². The third kappa shape index (κ3) is 9.38. The lowest BCUT2D eigenvalue weighted by atomic mass is 9.87. The standard InChI is InChI=1S/2C46H40N2/c2*1-3-5-29-47-39-27-13-11-23-37(39)43-42(36-26-16-20-32-18-8-10-22-34(32)36)46-44(38-24-12-14-28-40(38)48(46)30-6-4-2)41(45(43)47)35-25-15-19-31-17-7-9-21-33(31)35/h2*7-28H,3-6,29-30H2,1-2H3. The van der Waals surface area contributed by atoms with Gasteiger partial charge in [0, 0.05) is 114 Å². The molecular weight excluding hydrogens is 1160 g/mol. The fourth-order valence-electron chi connectivity index (χ4n) is 16.8. The first-order valence-electron chi connectivity index (χ1n) is 35.5. The molecule has 0 saturated heterocycles. The normalized spacial score (nSPS) is 12.0. The quantitative estimate of drug-likeness (QED) is 0.0919. The number of aromatic nitrogens is 4. The number of fused-ring (bicyclic) bond motifs is 16. The molecule has 0 unspecified atom stereocenters. The van der Waals surface area contributed by atoms with Gasteiger partial charge in [0.15, 0.2) is 0 Å². The highest BCUT2D eigenvalue weighted by molar-refractivity contribution is 6.36. The summed E-state index contributed by atoms with van der Waals surface area (Å²) < 4.78 is 10.7. The van der Waals surface area contributed by atoms with Crippen LogP contribution < -0.4 is 0 Å². The van der Waals surface area contributed by atoms with Crippen LogP contribution in [0.5, 0.6) is 0 Å². The zero-order valence-corrected chi connectivity index (χ0v) is 55.7. The van der Waals surface area contributed by atoms with Crippen LogP contribution in [0.15, 0.2) is 267 Å². The first-order chi connectivity index (χ1) is 47.6. The molecule has 4 aromatic heterocycles. The summed E-state index contributed by atoms with van der Waals surface area (Å²) >= 11 is 0. The van der Waals surface area contributed by atoms with Gasteiger partial charge in [0.2, 0.25) is 0 Å². The third-order valence-electron chi connectivity index (χ3n) is 21.0. The number of unbranched alkanes of at least 4 members (excludes halogenated alkanes) is 4. The Kier molecular flexibility index (Phi) is 15.3. The van der Waals surface area contributed by atoms with Crippen molar-refractivity contribution in [1.82, 2.24) is 18.3 Å². The molecule has 4 nitrogen and oxygen atoms in total. The van der Waals surface area contributed by atoms with E-state index in [-0.39, 0.29) is 0 Å². The Labute approximate surface area is 561 Å². The van der Waals surface area contributed by atoms with Crippen molar-refractivity contribution in [3.05, 3.63) is 267 Å². The van der Waals surface area contributed by atoms with Crippen LogP contribution in [0.2, 0.25) is 0 Å². The third-order valence-corrected chi connectivity index (χ3v) is 21.0. The molecule has 0 fully saturated rings. The molecule has 0 N–H and O–H groups in total. The molecule has 14 aromatic carbocycles. The Hall–Kier alpha value is -10.7. The van der Waals surface area contributed by atoms with Crippen molar-refractivity contribution in [1.29, 1.82) is 0 Å². The van der Waals surface area contributed by atoms with Crippen LogP contribution in [0, 0.1) is 0 Å². The van der Waals surface area contributed by atoms with E-state index in [9.17, 15) is 0 Å². The highest BCUT2D eigenvalue weighted by Crippen LogP contribution is 2.55. The van der Waals surface area contributed by atoms with Gasteiger partial charge in [-0.15, -0.1) is 0 Å². The van der Waals surface area contributed by atoms with Gasteiger partial charge in [0.1, 0.15) is 0 Å². The molecule has 0 amide bonds. The predicted octanol–water partition coefficient (Wildman–Crippen LogP) is 26.3. The average molecular weight is 1240 g/mol. The van der Waals surface area contributed by atoms with E-state index >= 15 is 0 Å². The number of hydrogen-bond donors (Lipinski definition) is 0. The zero-order chi connectivity index (χ0) is 64.4. The van der Waals surface area contributed by atoms with Gasteiger partial charge in [-0.2, -0.15) is 0 Å². The second-order valence-corrected chi connectivity index (χ2v) is 26.6. The van der Waals surface area contributed by atoms with Crippen LogP contribution in [-0.2, 0) is 26.2 Å². The Morgan fingerprint density at radius 3 is 0.604 bits per heavy atom. The lowest BCUT2D eigenvalue weighted by molar-refractivity contribution is 0.664. The number of nitrogens with zero attached hydrogens (tertiary/aromatic N) is 4. The van der Waals surface area contributed by atoms with E-state index in [0.29, 0.717) is 0 Å². The number of rotatable bonds is 16. The molecule has 0 atom stereocenters. The molecule has 18 rings (SSSR count). The van der Waals surface area contributed by atoms with Crippen LogP contribution in [0.3, 0.4) is 0 Å². The molecule has 0 saturated carbocycles. The lowest BCUT2D eigenvalue weighted by Crippen LogP contribution is -2.02. The summed E-state index contributed by atoms with van der Waals surface area (Å²) in [5, 5.41) is 21.1. The van der Waals surface area contributed by atoms with Crippen molar-refractivity contribution in [3.8, 4) is 44.5 Å².